The van der Waals surface area contributed by atoms with E-state index in [1.807, 2.05) is 30.3 Å². The average molecular weight is 241 g/mol. The van der Waals surface area contributed by atoms with Crippen LogP contribution in [0.15, 0.2) is 48.8 Å². The predicted octanol–water partition coefficient (Wildman–Crippen LogP) is 2.79. The van der Waals surface area contributed by atoms with Crippen LogP contribution in [0.4, 0.5) is 0 Å². The van der Waals surface area contributed by atoms with Gasteiger partial charge >= 0.3 is 5.97 Å². The van der Waals surface area contributed by atoms with Gasteiger partial charge in [0, 0.05) is 12.4 Å². The van der Waals surface area contributed by atoms with E-state index in [1.54, 1.807) is 18.5 Å². The number of nitrogens with zero attached hydrogens (tertiary/aromatic N) is 1. The lowest BCUT2D eigenvalue weighted by Crippen LogP contribution is -2.11. The first-order chi connectivity index (χ1) is 8.78. The summed E-state index contributed by atoms with van der Waals surface area (Å²) in [4.78, 5) is 15.6. The van der Waals surface area contributed by atoms with E-state index in [0.717, 1.165) is 12.0 Å². The molecule has 0 aliphatic carbocycles. The van der Waals surface area contributed by atoms with Gasteiger partial charge in [0.05, 0.1) is 6.42 Å². The third-order valence-corrected chi connectivity index (χ3v) is 2.63. The first kappa shape index (κ1) is 12.3. The van der Waals surface area contributed by atoms with Crippen molar-refractivity contribution in [2.24, 2.45) is 0 Å². The molecule has 0 spiro atoms. The summed E-state index contributed by atoms with van der Waals surface area (Å²) in [5.41, 5.74) is 2.08. The molecular formula is C15H15NO2. The van der Waals surface area contributed by atoms with Gasteiger partial charge in [-0.2, -0.15) is 0 Å². The highest BCUT2D eigenvalue weighted by Gasteiger charge is 2.06. The number of hydrogen-bond donors (Lipinski definition) is 0. The van der Waals surface area contributed by atoms with Gasteiger partial charge in [-0.25, -0.2) is 0 Å². The molecule has 0 saturated heterocycles. The standard InChI is InChI=1S/C15H15NO2/c1-2-12-5-7-14(8-6-12)18-15(17)10-13-4-3-9-16-11-13/h3-9,11H,2,10H2,1H3. The predicted molar refractivity (Wildman–Crippen MR) is 69.4 cm³/mol. The second-order valence-corrected chi connectivity index (χ2v) is 4.01. The summed E-state index contributed by atoms with van der Waals surface area (Å²) in [6.45, 7) is 2.09. The van der Waals surface area contributed by atoms with E-state index in [1.165, 1.54) is 5.56 Å². The van der Waals surface area contributed by atoms with Gasteiger partial charge in [0.25, 0.3) is 0 Å². The lowest BCUT2D eigenvalue weighted by atomic mass is 10.2. The highest BCUT2D eigenvalue weighted by molar-refractivity contribution is 5.75. The molecule has 0 amide bonds. The summed E-state index contributed by atoms with van der Waals surface area (Å²) >= 11 is 0. The molecule has 0 bridgehead atoms. The van der Waals surface area contributed by atoms with Crippen LogP contribution >= 0.6 is 0 Å². The molecular weight excluding hydrogens is 226 g/mol. The van der Waals surface area contributed by atoms with Crippen LogP contribution < -0.4 is 4.74 Å². The van der Waals surface area contributed by atoms with Crippen LogP contribution in [0.25, 0.3) is 0 Å². The highest BCUT2D eigenvalue weighted by atomic mass is 16.5. The van der Waals surface area contributed by atoms with Crippen molar-refractivity contribution in [2.45, 2.75) is 19.8 Å². The molecule has 2 rings (SSSR count). The average Bonchev–Trinajstić information content (AvgIpc) is 2.40. The Kier molecular flexibility index (Phi) is 4.07. The lowest BCUT2D eigenvalue weighted by molar-refractivity contribution is -0.133. The Morgan fingerprint density at radius 1 is 1.17 bits per heavy atom. The van der Waals surface area contributed by atoms with Crippen molar-refractivity contribution in [2.75, 3.05) is 0 Å². The molecule has 0 saturated carbocycles. The Morgan fingerprint density at radius 3 is 2.56 bits per heavy atom. The fourth-order valence-corrected chi connectivity index (χ4v) is 1.63. The topological polar surface area (TPSA) is 39.2 Å². The molecule has 0 radical (unpaired) electrons. The molecule has 92 valence electrons. The van der Waals surface area contributed by atoms with Crippen molar-refractivity contribution in [1.29, 1.82) is 0 Å². The van der Waals surface area contributed by atoms with Crippen molar-refractivity contribution in [3.63, 3.8) is 0 Å². The third kappa shape index (κ3) is 3.42. The Morgan fingerprint density at radius 2 is 1.94 bits per heavy atom. The van der Waals surface area contributed by atoms with Crippen molar-refractivity contribution < 1.29 is 9.53 Å². The first-order valence-electron chi connectivity index (χ1n) is 5.96. The number of aryl methyl sites for hydroxylation is 1. The number of ether oxygens (including phenoxy) is 1. The molecule has 0 unspecified atom stereocenters. The van der Waals surface area contributed by atoms with Crippen LogP contribution in [-0.2, 0) is 17.6 Å². The smallest absolute Gasteiger partial charge is 0.315 e. The minimum atomic E-state index is -0.271. The Hall–Kier alpha value is -2.16. The van der Waals surface area contributed by atoms with E-state index in [2.05, 4.69) is 11.9 Å². The molecule has 1 aromatic carbocycles. The Labute approximate surface area is 106 Å². The summed E-state index contributed by atoms with van der Waals surface area (Å²) < 4.78 is 5.25. The second kappa shape index (κ2) is 5.96. The molecule has 2 aromatic rings. The number of benzene rings is 1. The van der Waals surface area contributed by atoms with Crippen LogP contribution in [0.5, 0.6) is 5.75 Å². The maximum absolute atomic E-state index is 11.7. The van der Waals surface area contributed by atoms with Crippen molar-refractivity contribution in [3.8, 4) is 5.75 Å². The second-order valence-electron chi connectivity index (χ2n) is 4.01. The van der Waals surface area contributed by atoms with E-state index in [-0.39, 0.29) is 12.4 Å². The number of carbonyl (C=O) groups excluding carboxylic acids is 1. The van der Waals surface area contributed by atoms with E-state index in [9.17, 15) is 4.79 Å². The number of hydrogen-bond acceptors (Lipinski definition) is 3. The van der Waals surface area contributed by atoms with Gasteiger partial charge in [-0.15, -0.1) is 0 Å². The molecule has 18 heavy (non-hydrogen) atoms. The van der Waals surface area contributed by atoms with Gasteiger partial charge in [-0.05, 0) is 35.7 Å². The Balaban J connectivity index is 1.94. The van der Waals surface area contributed by atoms with Gasteiger partial charge in [-0.1, -0.05) is 25.1 Å². The number of esters is 1. The fourth-order valence-electron chi connectivity index (χ4n) is 1.63. The Bertz CT molecular complexity index is 506. The number of carbonyl (C=O) groups is 1. The van der Waals surface area contributed by atoms with Gasteiger partial charge in [-0.3, -0.25) is 9.78 Å². The number of aromatic nitrogens is 1. The maximum atomic E-state index is 11.7. The molecule has 3 nitrogen and oxygen atoms in total. The minimum absolute atomic E-state index is 0.239. The van der Waals surface area contributed by atoms with Gasteiger partial charge in [0.1, 0.15) is 5.75 Å². The third-order valence-electron chi connectivity index (χ3n) is 2.63. The lowest BCUT2D eigenvalue weighted by Gasteiger charge is -2.05. The fraction of sp³-hybridized carbons (Fsp3) is 0.200. The van der Waals surface area contributed by atoms with Crippen LogP contribution in [0.1, 0.15) is 18.1 Å². The van der Waals surface area contributed by atoms with Gasteiger partial charge in [0.15, 0.2) is 0 Å². The maximum Gasteiger partial charge on any atom is 0.315 e. The van der Waals surface area contributed by atoms with Crippen LogP contribution in [0, 0.1) is 0 Å². The largest absolute Gasteiger partial charge is 0.426 e. The summed E-state index contributed by atoms with van der Waals surface area (Å²) in [6, 6.07) is 11.2. The molecule has 1 aromatic heterocycles. The van der Waals surface area contributed by atoms with Crippen LogP contribution in [0.2, 0.25) is 0 Å². The molecule has 3 heteroatoms. The van der Waals surface area contributed by atoms with Crippen molar-refractivity contribution in [3.05, 3.63) is 59.9 Å². The highest BCUT2D eigenvalue weighted by Crippen LogP contribution is 2.13. The van der Waals surface area contributed by atoms with Crippen molar-refractivity contribution >= 4 is 5.97 Å². The number of rotatable bonds is 4. The monoisotopic (exact) mass is 241 g/mol. The zero-order valence-corrected chi connectivity index (χ0v) is 10.3. The summed E-state index contributed by atoms with van der Waals surface area (Å²) in [6.07, 6.45) is 4.56. The summed E-state index contributed by atoms with van der Waals surface area (Å²) in [5.74, 6) is 0.313. The SMILES string of the molecule is CCc1ccc(OC(=O)Cc2cccnc2)cc1. The molecule has 0 fully saturated rings. The normalized spacial score (nSPS) is 10.1. The molecule has 0 atom stereocenters. The van der Waals surface area contributed by atoms with E-state index in [0.29, 0.717) is 5.75 Å². The minimum Gasteiger partial charge on any atom is -0.426 e. The van der Waals surface area contributed by atoms with Gasteiger partial charge in [0.2, 0.25) is 0 Å². The van der Waals surface area contributed by atoms with Crippen LogP contribution in [0.3, 0.4) is 0 Å². The zero-order valence-electron chi connectivity index (χ0n) is 10.3. The van der Waals surface area contributed by atoms with Crippen molar-refractivity contribution in [1.82, 2.24) is 4.98 Å². The first-order valence-corrected chi connectivity index (χ1v) is 5.96. The molecule has 0 N–H and O–H groups in total. The summed E-state index contributed by atoms with van der Waals surface area (Å²) in [5, 5.41) is 0. The summed E-state index contributed by atoms with van der Waals surface area (Å²) in [7, 11) is 0. The van der Waals surface area contributed by atoms with E-state index >= 15 is 0 Å². The molecule has 0 aliphatic heterocycles. The van der Waals surface area contributed by atoms with Crippen LogP contribution in [-0.4, -0.2) is 11.0 Å². The zero-order chi connectivity index (χ0) is 12.8. The van der Waals surface area contributed by atoms with E-state index < -0.39 is 0 Å². The molecule has 0 aliphatic rings. The quantitative estimate of drug-likeness (QED) is 0.610. The van der Waals surface area contributed by atoms with Gasteiger partial charge < -0.3 is 4.74 Å². The number of pyridine rings is 1. The van der Waals surface area contributed by atoms with E-state index in [4.69, 9.17) is 4.74 Å². The molecule has 1 heterocycles.